The molecule has 0 saturated carbocycles. The summed E-state index contributed by atoms with van der Waals surface area (Å²) in [5, 5.41) is 0. The van der Waals surface area contributed by atoms with Gasteiger partial charge in [0.1, 0.15) is 5.82 Å². The molecule has 4 nitrogen and oxygen atoms in total. The molecule has 0 amide bonds. The van der Waals surface area contributed by atoms with Crippen LogP contribution < -0.4 is 11.3 Å². The predicted molar refractivity (Wildman–Crippen MR) is 67.0 cm³/mol. The van der Waals surface area contributed by atoms with Crippen LogP contribution in [-0.4, -0.2) is 4.98 Å². The molecule has 2 rings (SSSR count). The van der Waals surface area contributed by atoms with Crippen LogP contribution in [-0.2, 0) is 18.0 Å². The number of nitrogens with one attached hydrogen (secondary N) is 1. The number of aromatic nitrogens is 1. The van der Waals surface area contributed by atoms with E-state index in [0.29, 0.717) is 19.0 Å². The summed E-state index contributed by atoms with van der Waals surface area (Å²) >= 11 is 0. The van der Waals surface area contributed by atoms with Crippen molar-refractivity contribution < 1.29 is 4.74 Å². The second kappa shape index (κ2) is 5.98. The molecule has 17 heavy (non-hydrogen) atoms. The molecule has 0 unspecified atom stereocenters. The van der Waals surface area contributed by atoms with E-state index < -0.39 is 0 Å². The third kappa shape index (κ3) is 3.27. The van der Waals surface area contributed by atoms with Crippen LogP contribution >= 0.6 is 0 Å². The van der Waals surface area contributed by atoms with Gasteiger partial charge in [0.15, 0.2) is 0 Å². The van der Waals surface area contributed by atoms with Gasteiger partial charge >= 0.3 is 0 Å². The maximum atomic E-state index is 5.61. The molecule has 0 aliphatic heterocycles. The Hall–Kier alpha value is -1.91. The SMILES string of the molecule is NNc1ncccc1COCc1ccccc1. The fourth-order valence-electron chi connectivity index (χ4n) is 1.54. The molecule has 1 aromatic heterocycles. The average Bonchev–Trinajstić information content (AvgIpc) is 2.40. The molecule has 0 spiro atoms. The van der Waals surface area contributed by atoms with Crippen molar-refractivity contribution in [2.45, 2.75) is 13.2 Å². The number of nitrogens with two attached hydrogens (primary N) is 1. The van der Waals surface area contributed by atoms with Crippen LogP contribution in [0.2, 0.25) is 0 Å². The highest BCUT2D eigenvalue weighted by Gasteiger charge is 2.01. The summed E-state index contributed by atoms with van der Waals surface area (Å²) in [6, 6.07) is 13.8. The Morgan fingerprint density at radius 1 is 1.06 bits per heavy atom. The van der Waals surface area contributed by atoms with Crippen molar-refractivity contribution in [1.82, 2.24) is 4.98 Å². The highest BCUT2D eigenvalue weighted by molar-refractivity contribution is 5.41. The van der Waals surface area contributed by atoms with E-state index in [1.807, 2.05) is 42.5 Å². The predicted octanol–water partition coefficient (Wildman–Crippen LogP) is 2.08. The van der Waals surface area contributed by atoms with Crippen LogP contribution in [0.1, 0.15) is 11.1 Å². The Morgan fingerprint density at radius 3 is 2.65 bits per heavy atom. The average molecular weight is 229 g/mol. The number of pyridine rings is 1. The van der Waals surface area contributed by atoms with Crippen LogP contribution in [0.25, 0.3) is 0 Å². The molecule has 0 bridgehead atoms. The quantitative estimate of drug-likeness (QED) is 0.608. The lowest BCUT2D eigenvalue weighted by Crippen LogP contribution is -2.11. The molecule has 0 radical (unpaired) electrons. The summed E-state index contributed by atoms with van der Waals surface area (Å²) in [6.07, 6.45) is 1.69. The highest BCUT2D eigenvalue weighted by Crippen LogP contribution is 2.12. The number of rotatable bonds is 5. The summed E-state index contributed by atoms with van der Waals surface area (Å²) in [5.74, 6) is 6.02. The molecule has 0 saturated heterocycles. The topological polar surface area (TPSA) is 60.2 Å². The molecule has 1 aromatic carbocycles. The van der Waals surface area contributed by atoms with Crippen LogP contribution in [0.5, 0.6) is 0 Å². The number of anilines is 1. The maximum absolute atomic E-state index is 5.61. The van der Waals surface area contributed by atoms with Gasteiger partial charge in [-0.2, -0.15) is 0 Å². The number of nitrogen functional groups attached to an aromatic ring is 1. The van der Waals surface area contributed by atoms with E-state index in [1.165, 1.54) is 0 Å². The van der Waals surface area contributed by atoms with Gasteiger partial charge in [0.05, 0.1) is 13.2 Å². The van der Waals surface area contributed by atoms with E-state index in [2.05, 4.69) is 10.4 Å². The zero-order valence-electron chi connectivity index (χ0n) is 9.47. The molecule has 0 fully saturated rings. The standard InChI is InChI=1S/C13H15N3O/c14-16-13-12(7-4-8-15-13)10-17-9-11-5-2-1-3-6-11/h1-8H,9-10,14H2,(H,15,16). The summed E-state index contributed by atoms with van der Waals surface area (Å²) < 4.78 is 5.61. The molecule has 4 heteroatoms. The number of nitrogens with zero attached hydrogens (tertiary/aromatic N) is 1. The fourth-order valence-corrected chi connectivity index (χ4v) is 1.54. The van der Waals surface area contributed by atoms with E-state index in [9.17, 15) is 0 Å². The number of ether oxygens (including phenoxy) is 1. The first-order valence-electron chi connectivity index (χ1n) is 5.42. The van der Waals surface area contributed by atoms with Gasteiger partial charge < -0.3 is 10.2 Å². The van der Waals surface area contributed by atoms with Crippen molar-refractivity contribution in [2.75, 3.05) is 5.43 Å². The van der Waals surface area contributed by atoms with Crippen molar-refractivity contribution in [1.29, 1.82) is 0 Å². The maximum Gasteiger partial charge on any atom is 0.145 e. The molecular weight excluding hydrogens is 214 g/mol. The Labute approximate surface area is 100 Å². The van der Waals surface area contributed by atoms with E-state index in [0.717, 1.165) is 11.1 Å². The third-order valence-electron chi connectivity index (χ3n) is 2.40. The Balaban J connectivity index is 1.90. The van der Waals surface area contributed by atoms with Gasteiger partial charge in [-0.1, -0.05) is 36.4 Å². The van der Waals surface area contributed by atoms with E-state index >= 15 is 0 Å². The summed E-state index contributed by atoms with van der Waals surface area (Å²) in [6.45, 7) is 1.07. The van der Waals surface area contributed by atoms with Gasteiger partial charge in [0.2, 0.25) is 0 Å². The molecule has 0 atom stereocenters. The Morgan fingerprint density at radius 2 is 1.88 bits per heavy atom. The summed E-state index contributed by atoms with van der Waals surface area (Å²) in [5.41, 5.74) is 4.65. The Kier molecular flexibility index (Phi) is 4.07. The summed E-state index contributed by atoms with van der Waals surface area (Å²) in [4.78, 5) is 4.11. The van der Waals surface area contributed by atoms with Gasteiger partial charge in [-0.15, -0.1) is 0 Å². The minimum Gasteiger partial charge on any atom is -0.372 e. The molecule has 1 heterocycles. The molecule has 3 N–H and O–H groups in total. The van der Waals surface area contributed by atoms with Crippen LogP contribution in [0.3, 0.4) is 0 Å². The van der Waals surface area contributed by atoms with Gasteiger partial charge in [-0.25, -0.2) is 10.8 Å². The normalized spacial score (nSPS) is 10.2. The van der Waals surface area contributed by atoms with E-state index in [1.54, 1.807) is 6.20 Å². The fraction of sp³-hybridized carbons (Fsp3) is 0.154. The molecule has 0 aliphatic carbocycles. The summed E-state index contributed by atoms with van der Waals surface area (Å²) in [7, 11) is 0. The highest BCUT2D eigenvalue weighted by atomic mass is 16.5. The molecule has 2 aromatic rings. The molecular formula is C13H15N3O. The zero-order chi connectivity index (χ0) is 11.9. The first-order chi connectivity index (χ1) is 8.40. The van der Waals surface area contributed by atoms with Crippen molar-refractivity contribution in [2.24, 2.45) is 5.84 Å². The van der Waals surface area contributed by atoms with Crippen LogP contribution in [0, 0.1) is 0 Å². The minimum absolute atomic E-state index is 0.488. The van der Waals surface area contributed by atoms with Gasteiger partial charge in [0.25, 0.3) is 0 Å². The lowest BCUT2D eigenvalue weighted by molar-refractivity contribution is 0.107. The number of hydrazine groups is 1. The zero-order valence-corrected chi connectivity index (χ0v) is 9.47. The van der Waals surface area contributed by atoms with Crippen LogP contribution in [0.4, 0.5) is 5.82 Å². The first-order valence-corrected chi connectivity index (χ1v) is 5.42. The van der Waals surface area contributed by atoms with Crippen molar-refractivity contribution in [3.8, 4) is 0 Å². The number of hydrogen-bond donors (Lipinski definition) is 2. The van der Waals surface area contributed by atoms with Gasteiger partial charge in [-0.3, -0.25) is 0 Å². The van der Waals surface area contributed by atoms with Crippen molar-refractivity contribution in [3.63, 3.8) is 0 Å². The lowest BCUT2D eigenvalue weighted by Gasteiger charge is -2.08. The second-order valence-electron chi connectivity index (χ2n) is 3.63. The van der Waals surface area contributed by atoms with Gasteiger partial charge in [-0.05, 0) is 11.6 Å². The van der Waals surface area contributed by atoms with Crippen molar-refractivity contribution in [3.05, 3.63) is 59.8 Å². The number of benzene rings is 1. The number of hydrogen-bond acceptors (Lipinski definition) is 4. The molecule has 88 valence electrons. The first kappa shape index (κ1) is 11.6. The smallest absolute Gasteiger partial charge is 0.145 e. The van der Waals surface area contributed by atoms with E-state index in [-0.39, 0.29) is 0 Å². The second-order valence-corrected chi connectivity index (χ2v) is 3.63. The largest absolute Gasteiger partial charge is 0.372 e. The third-order valence-corrected chi connectivity index (χ3v) is 2.40. The Bertz CT molecular complexity index is 459. The molecule has 0 aliphatic rings. The van der Waals surface area contributed by atoms with E-state index in [4.69, 9.17) is 10.6 Å². The minimum atomic E-state index is 0.488. The van der Waals surface area contributed by atoms with Crippen LogP contribution in [0.15, 0.2) is 48.7 Å². The lowest BCUT2D eigenvalue weighted by atomic mass is 10.2. The monoisotopic (exact) mass is 229 g/mol. The van der Waals surface area contributed by atoms with Crippen molar-refractivity contribution >= 4 is 5.82 Å². The van der Waals surface area contributed by atoms with Gasteiger partial charge in [0, 0.05) is 11.8 Å².